The molecular formula is C15H19F2N. The lowest BCUT2D eigenvalue weighted by molar-refractivity contribution is 0.168. The minimum Gasteiger partial charge on any atom is -0.330 e. The number of halogens is 2. The summed E-state index contributed by atoms with van der Waals surface area (Å²) >= 11 is 0. The van der Waals surface area contributed by atoms with Gasteiger partial charge in [-0.15, -0.1) is 0 Å². The highest BCUT2D eigenvalue weighted by molar-refractivity contribution is 5.23. The molecule has 2 fully saturated rings. The highest BCUT2D eigenvalue weighted by Gasteiger charge is 2.50. The quantitative estimate of drug-likeness (QED) is 0.876. The van der Waals surface area contributed by atoms with E-state index in [0.29, 0.717) is 18.9 Å². The molecule has 0 aliphatic heterocycles. The summed E-state index contributed by atoms with van der Waals surface area (Å²) < 4.78 is 27.5. The van der Waals surface area contributed by atoms with Gasteiger partial charge >= 0.3 is 0 Å². The zero-order chi connectivity index (χ0) is 12.8. The summed E-state index contributed by atoms with van der Waals surface area (Å²) in [6.07, 6.45) is 5.16. The first-order valence-electron chi connectivity index (χ1n) is 6.77. The lowest BCUT2D eigenvalue weighted by Crippen LogP contribution is -2.38. The van der Waals surface area contributed by atoms with Crippen LogP contribution in [-0.2, 0) is 6.42 Å². The van der Waals surface area contributed by atoms with E-state index in [1.54, 1.807) is 0 Å². The van der Waals surface area contributed by atoms with Crippen LogP contribution in [0.1, 0.15) is 31.2 Å². The maximum atomic E-state index is 13.8. The van der Waals surface area contributed by atoms with Crippen molar-refractivity contribution in [1.82, 2.24) is 0 Å². The minimum absolute atomic E-state index is 0.0635. The summed E-state index contributed by atoms with van der Waals surface area (Å²) in [5.74, 6) is 0.441. The highest BCUT2D eigenvalue weighted by Crippen LogP contribution is 2.57. The van der Waals surface area contributed by atoms with Gasteiger partial charge in [0.15, 0.2) is 0 Å². The summed E-state index contributed by atoms with van der Waals surface area (Å²) in [6, 6.07) is 4.11. The largest absolute Gasteiger partial charge is 0.330 e. The van der Waals surface area contributed by atoms with Gasteiger partial charge in [0.05, 0.1) is 0 Å². The van der Waals surface area contributed by atoms with Crippen molar-refractivity contribution in [2.45, 2.75) is 32.1 Å². The van der Waals surface area contributed by atoms with Gasteiger partial charge in [-0.1, -0.05) is 12.5 Å². The van der Waals surface area contributed by atoms with Crippen LogP contribution >= 0.6 is 0 Å². The smallest absolute Gasteiger partial charge is 0.129 e. The third-order valence-corrected chi connectivity index (χ3v) is 5.10. The minimum atomic E-state index is -0.425. The van der Waals surface area contributed by atoms with Crippen molar-refractivity contribution in [3.05, 3.63) is 35.4 Å². The Morgan fingerprint density at radius 3 is 2.44 bits per heavy atom. The van der Waals surface area contributed by atoms with Gasteiger partial charge in [0.25, 0.3) is 0 Å². The monoisotopic (exact) mass is 251 g/mol. The molecular weight excluding hydrogens is 232 g/mol. The highest BCUT2D eigenvalue weighted by atomic mass is 19.1. The number of benzene rings is 1. The van der Waals surface area contributed by atoms with Crippen LogP contribution in [0.15, 0.2) is 18.2 Å². The van der Waals surface area contributed by atoms with Gasteiger partial charge in [0.2, 0.25) is 0 Å². The van der Waals surface area contributed by atoms with E-state index in [2.05, 4.69) is 0 Å². The molecule has 2 aliphatic rings. The average Bonchev–Trinajstić information content (AvgIpc) is 2.95. The first-order chi connectivity index (χ1) is 8.64. The normalized spacial score (nSPS) is 34.2. The number of nitrogens with two attached hydrogens (primary N) is 1. The van der Waals surface area contributed by atoms with Crippen LogP contribution in [0.3, 0.4) is 0 Å². The molecule has 2 aliphatic carbocycles. The predicted molar refractivity (Wildman–Crippen MR) is 67.0 cm³/mol. The maximum Gasteiger partial charge on any atom is 0.129 e. The molecule has 1 nitrogen and oxygen atoms in total. The van der Waals surface area contributed by atoms with E-state index in [9.17, 15) is 8.78 Å². The van der Waals surface area contributed by atoms with Crippen LogP contribution < -0.4 is 5.73 Å². The molecule has 3 atom stereocenters. The topological polar surface area (TPSA) is 26.0 Å². The molecule has 0 heterocycles. The van der Waals surface area contributed by atoms with E-state index in [1.165, 1.54) is 37.5 Å². The molecule has 2 bridgehead atoms. The summed E-state index contributed by atoms with van der Waals surface area (Å²) in [7, 11) is 0. The fraction of sp³-hybridized carbons (Fsp3) is 0.600. The van der Waals surface area contributed by atoms with Gasteiger partial charge in [-0.3, -0.25) is 0 Å². The van der Waals surface area contributed by atoms with Gasteiger partial charge in [-0.2, -0.15) is 0 Å². The Morgan fingerprint density at radius 1 is 1.22 bits per heavy atom. The number of hydrogen-bond acceptors (Lipinski definition) is 1. The summed E-state index contributed by atoms with van der Waals surface area (Å²) in [6.45, 7) is 0.544. The van der Waals surface area contributed by atoms with Crippen molar-refractivity contribution in [3.8, 4) is 0 Å². The Balaban J connectivity index is 1.91. The number of rotatable bonds is 3. The molecule has 0 spiro atoms. The molecule has 0 amide bonds. The molecule has 2 N–H and O–H groups in total. The summed E-state index contributed by atoms with van der Waals surface area (Å²) in [5.41, 5.74) is 6.13. The summed E-state index contributed by atoms with van der Waals surface area (Å²) in [5, 5.41) is 0. The SMILES string of the molecule is NCC1(Cc2c(F)cccc2F)CC2CCC1C2. The van der Waals surface area contributed by atoms with Gasteiger partial charge < -0.3 is 5.73 Å². The van der Waals surface area contributed by atoms with Crippen molar-refractivity contribution in [2.24, 2.45) is 23.0 Å². The van der Waals surface area contributed by atoms with Crippen molar-refractivity contribution in [1.29, 1.82) is 0 Å². The third-order valence-electron chi connectivity index (χ3n) is 5.10. The standard InChI is InChI=1S/C15H19F2N/c16-13-2-1-3-14(17)12(13)8-15(9-18)7-10-4-5-11(15)6-10/h1-3,10-11H,4-9,18H2. The second-order valence-electron chi connectivity index (χ2n) is 6.02. The van der Waals surface area contributed by atoms with Gasteiger partial charge in [-0.05, 0) is 61.6 Å². The van der Waals surface area contributed by atoms with Crippen LogP contribution in [-0.4, -0.2) is 6.54 Å². The molecule has 2 saturated carbocycles. The third kappa shape index (κ3) is 1.76. The van der Waals surface area contributed by atoms with Crippen LogP contribution in [0.25, 0.3) is 0 Å². The van der Waals surface area contributed by atoms with Gasteiger partial charge in [-0.25, -0.2) is 8.78 Å². The maximum absolute atomic E-state index is 13.8. The van der Waals surface area contributed by atoms with Crippen molar-refractivity contribution in [3.63, 3.8) is 0 Å². The Labute approximate surface area is 106 Å². The van der Waals surface area contributed by atoms with Crippen LogP contribution in [0.2, 0.25) is 0 Å². The van der Waals surface area contributed by atoms with Crippen LogP contribution in [0.5, 0.6) is 0 Å². The zero-order valence-corrected chi connectivity index (χ0v) is 10.5. The molecule has 3 heteroatoms. The average molecular weight is 251 g/mol. The molecule has 1 aromatic carbocycles. The van der Waals surface area contributed by atoms with Crippen LogP contribution in [0.4, 0.5) is 8.78 Å². The molecule has 1 aromatic rings. The fourth-order valence-electron chi connectivity index (χ4n) is 4.15. The molecule has 0 aromatic heterocycles. The molecule has 0 saturated heterocycles. The lowest BCUT2D eigenvalue weighted by Gasteiger charge is -2.37. The number of hydrogen-bond donors (Lipinski definition) is 1. The van der Waals surface area contributed by atoms with Crippen molar-refractivity contribution < 1.29 is 8.78 Å². The van der Waals surface area contributed by atoms with Gasteiger partial charge in [0, 0.05) is 5.56 Å². The van der Waals surface area contributed by atoms with E-state index >= 15 is 0 Å². The second kappa shape index (κ2) is 4.30. The Bertz CT molecular complexity index is 440. The molecule has 0 radical (unpaired) electrons. The van der Waals surface area contributed by atoms with Gasteiger partial charge in [0.1, 0.15) is 11.6 Å². The van der Waals surface area contributed by atoms with Crippen LogP contribution in [0, 0.1) is 28.9 Å². The van der Waals surface area contributed by atoms with Crippen molar-refractivity contribution >= 4 is 0 Å². The van der Waals surface area contributed by atoms with E-state index in [-0.39, 0.29) is 11.0 Å². The zero-order valence-electron chi connectivity index (χ0n) is 10.5. The molecule has 3 unspecified atom stereocenters. The Morgan fingerprint density at radius 2 is 1.94 bits per heavy atom. The first kappa shape index (κ1) is 12.1. The van der Waals surface area contributed by atoms with E-state index < -0.39 is 11.6 Å². The Hall–Kier alpha value is -0.960. The lowest BCUT2D eigenvalue weighted by atomic mass is 9.69. The predicted octanol–water partition coefficient (Wildman–Crippen LogP) is 3.27. The Kier molecular flexibility index (Phi) is 2.89. The number of fused-ring (bicyclic) bond motifs is 2. The van der Waals surface area contributed by atoms with E-state index in [1.807, 2.05) is 0 Å². The molecule has 18 heavy (non-hydrogen) atoms. The molecule has 3 rings (SSSR count). The van der Waals surface area contributed by atoms with Crippen molar-refractivity contribution in [2.75, 3.05) is 6.54 Å². The van der Waals surface area contributed by atoms with E-state index in [0.717, 1.165) is 12.3 Å². The summed E-state index contributed by atoms with van der Waals surface area (Å²) in [4.78, 5) is 0. The fourth-order valence-corrected chi connectivity index (χ4v) is 4.15. The van der Waals surface area contributed by atoms with E-state index in [4.69, 9.17) is 5.73 Å². The second-order valence-corrected chi connectivity index (χ2v) is 6.02. The molecule has 98 valence electrons. The first-order valence-corrected chi connectivity index (χ1v) is 6.77.